The smallest absolute Gasteiger partial charge is 0.206 e. The number of hydrogen-bond donors (Lipinski definition) is 0. The molecule has 0 spiro atoms. The van der Waals surface area contributed by atoms with Crippen LogP contribution in [-0.2, 0) is 21.8 Å². The molecule has 0 saturated carbocycles. The fourth-order valence-electron chi connectivity index (χ4n) is 7.01. The fourth-order valence-corrected chi connectivity index (χ4v) is 21.7. The molecule has 8 aromatic carbocycles. The maximum absolute atomic E-state index is 6.29. The number of rotatable bonds is 13. The highest BCUT2D eigenvalue weighted by Crippen LogP contribution is 2.63. The van der Waals surface area contributed by atoms with Crippen LogP contribution in [0.3, 0.4) is 0 Å². The van der Waals surface area contributed by atoms with Crippen LogP contribution in [0.25, 0.3) is 0 Å². The van der Waals surface area contributed by atoms with Crippen molar-refractivity contribution in [3.63, 3.8) is 0 Å². The molecule has 0 bridgehead atoms. The van der Waals surface area contributed by atoms with Crippen molar-refractivity contribution in [1.29, 1.82) is 0 Å². The van der Waals surface area contributed by atoms with Crippen LogP contribution in [0, 0.1) is 0 Å². The van der Waals surface area contributed by atoms with E-state index in [4.69, 9.17) is 54.7 Å². The molecule has 0 aliphatic carbocycles. The second-order valence-corrected chi connectivity index (χ2v) is 25.5. The molecule has 0 fully saturated rings. The van der Waals surface area contributed by atoms with E-state index in [0.717, 1.165) is 12.3 Å². The minimum atomic E-state index is -2.50. The highest BCUT2D eigenvalue weighted by molar-refractivity contribution is 8.02. The Kier molecular flexibility index (Phi) is 24.3. The third kappa shape index (κ3) is 14.3. The van der Waals surface area contributed by atoms with Crippen molar-refractivity contribution >= 4 is 104 Å². The molecule has 0 N–H and O–H groups in total. The van der Waals surface area contributed by atoms with Crippen LogP contribution in [0.2, 0.25) is 0 Å². The third-order valence-corrected chi connectivity index (χ3v) is 22.9. The number of nitrogens with zero attached hydrogens (tertiary/aromatic N) is 2. The Labute approximate surface area is 427 Å². The van der Waals surface area contributed by atoms with Crippen LogP contribution >= 0.6 is 60.9 Å². The molecule has 8 aromatic rings. The van der Waals surface area contributed by atoms with Gasteiger partial charge in [0.25, 0.3) is 0 Å². The van der Waals surface area contributed by atoms with E-state index in [0.29, 0.717) is 0 Å². The van der Waals surface area contributed by atoms with Gasteiger partial charge in [-0.15, -0.1) is 46.4 Å². The third-order valence-electron chi connectivity index (χ3n) is 9.79. The summed E-state index contributed by atoms with van der Waals surface area (Å²) >= 11 is 18.5. The van der Waals surface area contributed by atoms with E-state index in [9.17, 15) is 0 Å². The zero-order chi connectivity index (χ0) is 43.3. The number of alkyl halides is 4. The summed E-state index contributed by atoms with van der Waals surface area (Å²) < 4.78 is 12.6. The van der Waals surface area contributed by atoms with Gasteiger partial charge in [-0.25, -0.2) is 0 Å². The lowest BCUT2D eigenvalue weighted by atomic mass is 10.4. The second kappa shape index (κ2) is 28.9. The second-order valence-electron chi connectivity index (χ2n) is 13.5. The first-order valence-electron chi connectivity index (χ1n) is 20.0. The first kappa shape index (κ1) is 53.7. The van der Waals surface area contributed by atoms with Crippen LogP contribution < -0.4 is 55.2 Å². The monoisotopic (exact) mass is 1120 g/mol. The molecule has 0 atom stereocenters. The molecular formula is C52H48Br2Cl4N2P2S2. The molecule has 0 saturated heterocycles. The average molecular weight is 1130 g/mol. The molecule has 8 rings (SSSR count). The molecule has 0 amide bonds. The van der Waals surface area contributed by atoms with Gasteiger partial charge in [-0.2, -0.15) is 0 Å². The van der Waals surface area contributed by atoms with Gasteiger partial charge in [-0.1, -0.05) is 178 Å². The summed E-state index contributed by atoms with van der Waals surface area (Å²) in [4.78, 5) is 4.89. The Hall–Kier alpha value is -2.96. The SMILES string of the molecule is ClCCl.ClCCl.[Br-].[Br-].c1ccc(S(=N[P+](CCP(=N[S+](c2ccccc2)c2ccccc2)(c2ccccc2)c2ccccc2)(c2ccccc2)c2ccccc2)c2ccccc2)cc1. The van der Waals surface area contributed by atoms with Crippen molar-refractivity contribution < 1.29 is 34.0 Å². The molecule has 64 heavy (non-hydrogen) atoms. The Morgan fingerprint density at radius 3 is 1.02 bits per heavy atom. The lowest BCUT2D eigenvalue weighted by molar-refractivity contribution is -0.00100. The van der Waals surface area contributed by atoms with E-state index in [2.05, 4.69) is 243 Å². The van der Waals surface area contributed by atoms with Gasteiger partial charge in [-0.05, 0) is 72.8 Å². The molecule has 0 aliphatic rings. The Morgan fingerprint density at radius 2 is 0.688 bits per heavy atom. The quantitative estimate of drug-likeness (QED) is 0.0627. The van der Waals surface area contributed by atoms with E-state index in [1.165, 1.54) is 40.8 Å². The van der Waals surface area contributed by atoms with Crippen LogP contribution in [-0.4, -0.2) is 23.0 Å². The van der Waals surface area contributed by atoms with Crippen molar-refractivity contribution in [2.24, 2.45) is 8.28 Å². The van der Waals surface area contributed by atoms with Gasteiger partial charge < -0.3 is 34.0 Å². The van der Waals surface area contributed by atoms with Crippen LogP contribution in [0.15, 0.2) is 271 Å². The van der Waals surface area contributed by atoms with Gasteiger partial charge in [-0.3, -0.25) is 0 Å². The maximum Gasteiger partial charge on any atom is 0.206 e. The van der Waals surface area contributed by atoms with Gasteiger partial charge in [0.05, 0.1) is 23.9 Å². The van der Waals surface area contributed by atoms with Gasteiger partial charge >= 0.3 is 0 Å². The molecule has 0 radical (unpaired) electrons. The van der Waals surface area contributed by atoms with Crippen molar-refractivity contribution in [3.8, 4) is 0 Å². The van der Waals surface area contributed by atoms with Crippen LogP contribution in [0.1, 0.15) is 0 Å². The minimum absolute atomic E-state index is 0. The minimum Gasteiger partial charge on any atom is -1.00 e. The standard InChI is InChI=1S/C50H44N2P2S2.2CH2Cl2.2BrH/c1-9-25-43(26-10-1)53(44-27-11-2-12-28-44,51-55(47-33-17-5-18-34-47)48-35-19-6-20-36-48)41-42-54(45-29-13-3-14-30-45,46-31-15-4-16-32-46)52-56(49-37-21-7-22-38-49)50-39-23-8-24-40-50;2*2-1-3;;/h1-40H,41-42H2;2*1H2;2*1H/q+2;;;;/p-2. The van der Waals surface area contributed by atoms with Crippen molar-refractivity contribution in [2.45, 2.75) is 19.6 Å². The lowest BCUT2D eigenvalue weighted by Crippen LogP contribution is -3.00. The van der Waals surface area contributed by atoms with Gasteiger partial charge in [0.2, 0.25) is 18.5 Å². The largest absolute Gasteiger partial charge is 1.00 e. The molecule has 12 heteroatoms. The maximum atomic E-state index is 6.29. The number of hydrogen-bond acceptors (Lipinski definition) is 2. The van der Waals surface area contributed by atoms with Crippen molar-refractivity contribution in [3.05, 3.63) is 243 Å². The van der Waals surface area contributed by atoms with E-state index < -0.39 is 36.2 Å². The molecule has 0 heterocycles. The van der Waals surface area contributed by atoms with E-state index in [1.54, 1.807) is 0 Å². The highest BCUT2D eigenvalue weighted by Gasteiger charge is 2.47. The summed E-state index contributed by atoms with van der Waals surface area (Å²) in [5.41, 5.74) is 0. The summed E-state index contributed by atoms with van der Waals surface area (Å²) in [5, 5.41) is 5.56. The number of benzene rings is 8. The molecule has 2 nitrogen and oxygen atoms in total. The molecule has 0 aliphatic heterocycles. The summed E-state index contributed by atoms with van der Waals surface area (Å²) in [6.07, 6.45) is 1.71. The first-order chi connectivity index (χ1) is 30.6. The Bertz CT molecular complexity index is 2410. The van der Waals surface area contributed by atoms with Crippen molar-refractivity contribution in [1.82, 2.24) is 0 Å². The average Bonchev–Trinajstić information content (AvgIpc) is 3.35. The molecule has 0 aromatic heterocycles. The zero-order valence-corrected chi connectivity index (χ0v) is 44.4. The van der Waals surface area contributed by atoms with Crippen LogP contribution in [0.5, 0.6) is 0 Å². The summed E-state index contributed by atoms with van der Waals surface area (Å²) in [5.74, 6) is 0. The molecule has 330 valence electrons. The molecular weight excluding hydrogens is 1080 g/mol. The summed E-state index contributed by atoms with van der Waals surface area (Å²) in [6.45, 7) is 0. The highest BCUT2D eigenvalue weighted by atomic mass is 79.9. The Morgan fingerprint density at radius 1 is 0.406 bits per heavy atom. The van der Waals surface area contributed by atoms with E-state index >= 15 is 0 Å². The van der Waals surface area contributed by atoms with Crippen LogP contribution in [0.4, 0.5) is 0 Å². The van der Waals surface area contributed by atoms with Gasteiger partial charge in [0.15, 0.2) is 9.79 Å². The number of halogens is 6. The lowest BCUT2D eigenvalue weighted by Gasteiger charge is -2.28. The first-order valence-corrected chi connectivity index (χ1v) is 28.3. The fraction of sp³-hybridized carbons (Fsp3) is 0.0769. The van der Waals surface area contributed by atoms with E-state index in [1.807, 2.05) is 0 Å². The van der Waals surface area contributed by atoms with Gasteiger partial charge in [0.1, 0.15) is 10.6 Å². The predicted molar refractivity (Wildman–Crippen MR) is 279 cm³/mol. The van der Waals surface area contributed by atoms with Gasteiger partial charge in [0, 0.05) is 37.3 Å². The van der Waals surface area contributed by atoms with Crippen molar-refractivity contribution in [2.75, 3.05) is 23.0 Å². The summed E-state index contributed by atoms with van der Waals surface area (Å²) in [6, 6.07) is 88.1. The molecule has 0 unspecified atom stereocenters. The summed E-state index contributed by atoms with van der Waals surface area (Å²) in [7, 11) is -5.56. The van der Waals surface area contributed by atoms with E-state index in [-0.39, 0.29) is 44.6 Å². The normalized spacial score (nSPS) is 10.8. The topological polar surface area (TPSA) is 24.7 Å². The predicted octanol–water partition coefficient (Wildman–Crippen LogP) is 8.84. The zero-order valence-electron chi connectivity index (χ0n) is 34.8. The Balaban J connectivity index is 0.00000106.